The van der Waals surface area contributed by atoms with Crippen molar-refractivity contribution in [2.24, 2.45) is 11.8 Å². The van der Waals surface area contributed by atoms with E-state index >= 15 is 0 Å². The van der Waals surface area contributed by atoms with Gasteiger partial charge < -0.3 is 20.6 Å². The van der Waals surface area contributed by atoms with Crippen molar-refractivity contribution in [3.8, 4) is 0 Å². The lowest BCUT2D eigenvalue weighted by molar-refractivity contribution is -0.142. The number of amides is 3. The molecule has 7 atom stereocenters. The summed E-state index contributed by atoms with van der Waals surface area (Å²) >= 11 is 5.43. The Balaban J connectivity index is 1.37. The van der Waals surface area contributed by atoms with Crippen molar-refractivity contribution >= 4 is 51.1 Å². The largest absolute Gasteiger partial charge is 0.394 e. The number of hydrogen-bond acceptors (Lipinski definition) is 5. The van der Waals surface area contributed by atoms with E-state index in [1.807, 2.05) is 92.7 Å². The first-order chi connectivity index (χ1) is 20.7. The number of alkyl halides is 1. The van der Waals surface area contributed by atoms with Gasteiger partial charge in [-0.3, -0.25) is 14.4 Å². The molecule has 9 heteroatoms. The molecule has 3 aliphatic rings. The van der Waals surface area contributed by atoms with Crippen LogP contribution in [-0.4, -0.2) is 61.2 Å². The maximum atomic E-state index is 14.6. The number of halogens is 1. The highest BCUT2D eigenvalue weighted by Gasteiger charge is 2.76. The number of hydrogen-bond donors (Lipinski definition) is 3. The third-order valence-electron chi connectivity index (χ3n) is 9.16. The van der Waals surface area contributed by atoms with Crippen LogP contribution in [0, 0.1) is 25.7 Å². The quantitative estimate of drug-likeness (QED) is 0.291. The smallest absolute Gasteiger partial charge is 0.248 e. The minimum atomic E-state index is -0.854. The van der Waals surface area contributed by atoms with Gasteiger partial charge in [0.2, 0.25) is 17.7 Å². The van der Waals surface area contributed by atoms with E-state index in [-0.39, 0.29) is 34.4 Å². The standard InChI is InChI=1S/C34H36BrN3O4S/c1-20-13-14-21(2)26(15-20)37-32(41)30-34-17-25(35)29(43-34)27(31(40)36-18-23-11-7-4-8-12-23)28(34)33(42)38(30)24(19-39)16-22-9-5-3-6-10-22/h3-15,24-25,27-30,39H,16-19H2,1-2H3,(H,36,40)(H,37,41)/t24-,25?,27+,28+,29+,30?,34?/m1/s1. The number of aliphatic hydroxyl groups excluding tert-OH is 1. The van der Waals surface area contributed by atoms with E-state index in [1.54, 1.807) is 16.7 Å². The van der Waals surface area contributed by atoms with Crippen LogP contribution in [0.15, 0.2) is 78.9 Å². The molecule has 1 spiro atoms. The number of anilines is 1. The second kappa shape index (κ2) is 12.1. The molecule has 0 aromatic heterocycles. The Hall–Kier alpha value is -3.14. The Morgan fingerprint density at radius 2 is 1.70 bits per heavy atom. The van der Waals surface area contributed by atoms with Crippen molar-refractivity contribution in [2.75, 3.05) is 11.9 Å². The Kier molecular flexibility index (Phi) is 8.41. The summed E-state index contributed by atoms with van der Waals surface area (Å²) in [6.45, 7) is 3.98. The normalized spacial score (nSPS) is 28.0. The van der Waals surface area contributed by atoms with Crippen molar-refractivity contribution in [3.63, 3.8) is 0 Å². The van der Waals surface area contributed by atoms with Crippen molar-refractivity contribution in [2.45, 2.75) is 60.1 Å². The highest BCUT2D eigenvalue weighted by Crippen LogP contribution is 2.68. The van der Waals surface area contributed by atoms with E-state index in [0.717, 1.165) is 22.3 Å². The van der Waals surface area contributed by atoms with Gasteiger partial charge in [-0.15, -0.1) is 11.8 Å². The number of aryl methyl sites for hydroxylation is 2. The second-order valence-electron chi connectivity index (χ2n) is 11.9. The SMILES string of the molecule is Cc1ccc(C)c(NC(=O)C2N([C@@H](CO)Cc3ccccc3)C(=O)[C@@H]3[C@H](C(=O)NCc4ccccc4)[C@H]4SC23CC4Br)c1. The summed E-state index contributed by atoms with van der Waals surface area (Å²) in [5.41, 5.74) is 4.58. The van der Waals surface area contributed by atoms with Crippen LogP contribution >= 0.6 is 27.7 Å². The molecule has 3 aliphatic heterocycles. The molecule has 3 aromatic rings. The maximum Gasteiger partial charge on any atom is 0.248 e. The lowest BCUT2D eigenvalue weighted by Gasteiger charge is -2.37. The van der Waals surface area contributed by atoms with Gasteiger partial charge in [0.05, 0.1) is 29.2 Å². The molecule has 7 nitrogen and oxygen atoms in total. The minimum absolute atomic E-state index is 0.0355. The van der Waals surface area contributed by atoms with Gasteiger partial charge in [-0.25, -0.2) is 0 Å². The van der Waals surface area contributed by atoms with Crippen molar-refractivity contribution in [1.82, 2.24) is 10.2 Å². The zero-order valence-electron chi connectivity index (χ0n) is 24.2. The molecule has 3 amide bonds. The molecule has 3 heterocycles. The fourth-order valence-corrected chi connectivity index (χ4v) is 10.8. The molecule has 224 valence electrons. The van der Waals surface area contributed by atoms with E-state index in [1.165, 1.54) is 0 Å². The zero-order valence-corrected chi connectivity index (χ0v) is 26.6. The first-order valence-corrected chi connectivity index (χ1v) is 16.5. The van der Waals surface area contributed by atoms with E-state index in [9.17, 15) is 19.5 Å². The number of benzene rings is 3. The van der Waals surface area contributed by atoms with Gasteiger partial charge in [-0.1, -0.05) is 88.7 Å². The van der Waals surface area contributed by atoms with Crippen LogP contribution in [0.5, 0.6) is 0 Å². The van der Waals surface area contributed by atoms with Gasteiger partial charge in [0, 0.05) is 22.3 Å². The van der Waals surface area contributed by atoms with E-state index in [0.29, 0.717) is 25.1 Å². The molecule has 2 bridgehead atoms. The molecule has 0 saturated carbocycles. The molecule has 3 N–H and O–H groups in total. The van der Waals surface area contributed by atoms with Gasteiger partial charge in [-0.05, 0) is 55.0 Å². The monoisotopic (exact) mass is 661 g/mol. The first-order valence-electron chi connectivity index (χ1n) is 14.7. The van der Waals surface area contributed by atoms with Gasteiger partial charge >= 0.3 is 0 Å². The number of rotatable bonds is 9. The summed E-state index contributed by atoms with van der Waals surface area (Å²) < 4.78 is -0.809. The third-order valence-corrected chi connectivity index (χ3v) is 12.4. The Labute approximate surface area is 264 Å². The Bertz CT molecular complexity index is 1520. The average Bonchev–Trinajstić information content (AvgIpc) is 3.60. The minimum Gasteiger partial charge on any atom is -0.394 e. The number of likely N-dealkylation sites (tertiary alicyclic amines) is 1. The molecule has 3 aromatic carbocycles. The summed E-state index contributed by atoms with van der Waals surface area (Å²) in [6.07, 6.45) is 0.974. The number of carbonyl (C=O) groups excluding carboxylic acids is 3. The van der Waals surface area contributed by atoms with Crippen LogP contribution in [0.3, 0.4) is 0 Å². The lowest BCUT2D eigenvalue weighted by atomic mass is 9.70. The number of aliphatic hydroxyl groups is 1. The molecule has 3 saturated heterocycles. The van der Waals surface area contributed by atoms with E-state index in [2.05, 4.69) is 26.6 Å². The summed E-state index contributed by atoms with van der Waals surface area (Å²) in [4.78, 5) is 44.4. The van der Waals surface area contributed by atoms with Gasteiger partial charge in [-0.2, -0.15) is 0 Å². The highest BCUT2D eigenvalue weighted by atomic mass is 79.9. The summed E-state index contributed by atoms with van der Waals surface area (Å²) in [5.74, 6) is -1.97. The van der Waals surface area contributed by atoms with Crippen LogP contribution < -0.4 is 10.6 Å². The van der Waals surface area contributed by atoms with Crippen LogP contribution in [0.1, 0.15) is 28.7 Å². The van der Waals surface area contributed by atoms with Crippen LogP contribution in [0.4, 0.5) is 5.69 Å². The number of fused-ring (bicyclic) bond motifs is 1. The molecule has 6 rings (SSSR count). The van der Waals surface area contributed by atoms with Gasteiger partial charge in [0.25, 0.3) is 0 Å². The van der Waals surface area contributed by atoms with Gasteiger partial charge in [0.15, 0.2) is 0 Å². The van der Waals surface area contributed by atoms with Crippen LogP contribution in [0.25, 0.3) is 0 Å². The third kappa shape index (κ3) is 5.40. The number of nitrogens with one attached hydrogen (secondary N) is 2. The molecule has 3 unspecified atom stereocenters. The maximum absolute atomic E-state index is 14.6. The second-order valence-corrected chi connectivity index (χ2v) is 14.7. The predicted molar refractivity (Wildman–Crippen MR) is 173 cm³/mol. The van der Waals surface area contributed by atoms with Crippen LogP contribution in [0.2, 0.25) is 0 Å². The van der Waals surface area contributed by atoms with E-state index < -0.39 is 28.7 Å². The fraction of sp³-hybridized carbons (Fsp3) is 0.382. The number of carbonyl (C=O) groups is 3. The summed E-state index contributed by atoms with van der Waals surface area (Å²) in [6, 6.07) is 23.8. The van der Waals surface area contributed by atoms with Crippen molar-refractivity contribution in [1.29, 1.82) is 0 Å². The summed E-state index contributed by atoms with van der Waals surface area (Å²) in [7, 11) is 0. The Morgan fingerprint density at radius 3 is 2.37 bits per heavy atom. The molecule has 0 radical (unpaired) electrons. The van der Waals surface area contributed by atoms with Crippen molar-refractivity contribution < 1.29 is 19.5 Å². The Morgan fingerprint density at radius 1 is 1.02 bits per heavy atom. The molecular weight excluding hydrogens is 626 g/mol. The van der Waals surface area contributed by atoms with Crippen molar-refractivity contribution in [3.05, 3.63) is 101 Å². The van der Waals surface area contributed by atoms with Gasteiger partial charge in [0.1, 0.15) is 6.04 Å². The lowest BCUT2D eigenvalue weighted by Crippen LogP contribution is -2.55. The summed E-state index contributed by atoms with van der Waals surface area (Å²) in [5, 5.41) is 16.7. The molecule has 0 aliphatic carbocycles. The predicted octanol–water partition coefficient (Wildman–Crippen LogP) is 4.63. The topological polar surface area (TPSA) is 98.7 Å². The first kappa shape index (κ1) is 29.9. The number of nitrogens with zero attached hydrogens (tertiary/aromatic N) is 1. The molecule has 3 fully saturated rings. The fourth-order valence-electron chi connectivity index (χ4n) is 7.17. The zero-order chi connectivity index (χ0) is 30.3. The molecule has 43 heavy (non-hydrogen) atoms. The average molecular weight is 663 g/mol. The highest BCUT2D eigenvalue weighted by molar-refractivity contribution is 9.09. The molecular formula is C34H36BrN3O4S. The number of thioether (sulfide) groups is 1. The van der Waals surface area contributed by atoms with Crippen LogP contribution in [-0.2, 0) is 27.3 Å². The van der Waals surface area contributed by atoms with E-state index in [4.69, 9.17) is 0 Å².